The van der Waals surface area contributed by atoms with Crippen LogP contribution in [0.1, 0.15) is 10.5 Å². The Morgan fingerprint density at radius 2 is 2.41 bits per heavy atom. The number of aromatic nitrogens is 2. The van der Waals surface area contributed by atoms with Gasteiger partial charge in [0.1, 0.15) is 12.0 Å². The number of nitrogens with one attached hydrogen (secondary N) is 1. The van der Waals surface area contributed by atoms with Gasteiger partial charge < -0.3 is 14.4 Å². The van der Waals surface area contributed by atoms with Gasteiger partial charge in [0.25, 0.3) is 5.91 Å². The average Bonchev–Trinajstić information content (AvgIpc) is 2.97. The minimum atomic E-state index is -0.190. The fourth-order valence-corrected chi connectivity index (χ4v) is 2.57. The van der Waals surface area contributed by atoms with Crippen LogP contribution in [-0.2, 0) is 7.05 Å². The molecule has 0 radical (unpaired) electrons. The van der Waals surface area contributed by atoms with Crippen molar-refractivity contribution in [3.05, 3.63) is 35.5 Å². The summed E-state index contributed by atoms with van der Waals surface area (Å²) in [6.45, 7) is 0. The molecule has 0 aliphatic heterocycles. The van der Waals surface area contributed by atoms with Gasteiger partial charge in [-0.2, -0.15) is 0 Å². The summed E-state index contributed by atoms with van der Waals surface area (Å²) >= 11 is 1.61. The number of anilines is 1. The molecule has 0 unspecified atom stereocenters. The van der Waals surface area contributed by atoms with Crippen LogP contribution in [0.4, 0.5) is 5.82 Å². The van der Waals surface area contributed by atoms with E-state index in [1.54, 1.807) is 17.4 Å². The summed E-state index contributed by atoms with van der Waals surface area (Å²) in [6, 6.07) is 5.46. The molecule has 3 heterocycles. The molecule has 3 aromatic heterocycles. The molecule has 0 saturated carbocycles. The Kier molecular flexibility index (Phi) is 2.22. The maximum absolute atomic E-state index is 12.0. The van der Waals surface area contributed by atoms with Crippen LogP contribution in [0.5, 0.6) is 0 Å². The largest absolute Gasteiger partial charge is 0.363 e. The molecule has 17 heavy (non-hydrogen) atoms. The van der Waals surface area contributed by atoms with Crippen molar-refractivity contribution in [2.45, 2.75) is 0 Å². The van der Waals surface area contributed by atoms with Crippen molar-refractivity contribution in [2.75, 3.05) is 5.32 Å². The molecule has 86 valence electrons. The molecule has 0 aliphatic rings. The van der Waals surface area contributed by atoms with Crippen LogP contribution in [0.15, 0.2) is 34.4 Å². The smallest absolute Gasteiger partial charge is 0.273 e. The summed E-state index contributed by atoms with van der Waals surface area (Å²) in [6.07, 6.45) is 1.42. The lowest BCUT2D eigenvalue weighted by molar-refractivity contribution is 0.101. The number of thiophene rings is 1. The Hall–Kier alpha value is -2.08. The van der Waals surface area contributed by atoms with Gasteiger partial charge in [-0.15, -0.1) is 11.3 Å². The predicted molar refractivity (Wildman–Crippen MR) is 65.3 cm³/mol. The van der Waals surface area contributed by atoms with Crippen LogP contribution in [0.3, 0.4) is 0 Å². The van der Waals surface area contributed by atoms with Crippen LogP contribution in [-0.4, -0.2) is 15.6 Å². The fourth-order valence-electron chi connectivity index (χ4n) is 1.73. The van der Waals surface area contributed by atoms with E-state index in [1.165, 1.54) is 6.26 Å². The number of amides is 1. The highest BCUT2D eigenvalue weighted by atomic mass is 32.1. The second-order valence-electron chi connectivity index (χ2n) is 3.60. The third-order valence-corrected chi connectivity index (χ3v) is 3.43. The Labute approximate surface area is 101 Å². The van der Waals surface area contributed by atoms with Gasteiger partial charge in [-0.1, -0.05) is 5.16 Å². The van der Waals surface area contributed by atoms with Crippen molar-refractivity contribution < 1.29 is 9.32 Å². The summed E-state index contributed by atoms with van der Waals surface area (Å²) in [5.41, 5.74) is 1.66. The van der Waals surface area contributed by atoms with Crippen LogP contribution in [0, 0.1) is 0 Å². The summed E-state index contributed by atoms with van der Waals surface area (Å²) < 4.78 is 7.61. The lowest BCUT2D eigenvalue weighted by atomic mass is 10.4. The first-order valence-electron chi connectivity index (χ1n) is 5.00. The summed E-state index contributed by atoms with van der Waals surface area (Å²) in [5, 5.41) is 8.31. The van der Waals surface area contributed by atoms with Crippen LogP contribution >= 0.6 is 11.3 Å². The molecule has 0 spiro atoms. The zero-order chi connectivity index (χ0) is 11.8. The number of hydrogen-bond donors (Lipinski definition) is 1. The molecule has 0 fully saturated rings. The second kappa shape index (κ2) is 3.74. The molecule has 0 aliphatic carbocycles. The van der Waals surface area contributed by atoms with Crippen LogP contribution in [0.2, 0.25) is 0 Å². The van der Waals surface area contributed by atoms with E-state index in [9.17, 15) is 4.79 Å². The van der Waals surface area contributed by atoms with Gasteiger partial charge in [0.2, 0.25) is 0 Å². The molecular formula is C11H9N3O2S. The van der Waals surface area contributed by atoms with E-state index in [1.807, 2.05) is 29.1 Å². The Balaban J connectivity index is 1.95. The first-order valence-corrected chi connectivity index (χ1v) is 5.88. The van der Waals surface area contributed by atoms with Crippen molar-refractivity contribution in [3.63, 3.8) is 0 Å². The van der Waals surface area contributed by atoms with E-state index < -0.39 is 0 Å². The average molecular weight is 247 g/mol. The molecule has 1 N–H and O–H groups in total. The highest BCUT2D eigenvalue weighted by Crippen LogP contribution is 2.24. The van der Waals surface area contributed by atoms with Crippen molar-refractivity contribution in [3.8, 4) is 0 Å². The molecule has 3 aromatic rings. The number of rotatable bonds is 2. The normalized spacial score (nSPS) is 10.9. The zero-order valence-electron chi connectivity index (χ0n) is 9.01. The Morgan fingerprint density at radius 3 is 3.12 bits per heavy atom. The van der Waals surface area contributed by atoms with Crippen molar-refractivity contribution in [1.29, 1.82) is 0 Å². The van der Waals surface area contributed by atoms with Gasteiger partial charge in [0, 0.05) is 13.1 Å². The van der Waals surface area contributed by atoms with Gasteiger partial charge in [0.05, 0.1) is 10.2 Å². The number of fused-ring (bicyclic) bond motifs is 1. The van der Waals surface area contributed by atoms with Gasteiger partial charge >= 0.3 is 0 Å². The first kappa shape index (κ1) is 10.1. The van der Waals surface area contributed by atoms with E-state index in [-0.39, 0.29) is 5.91 Å². The maximum Gasteiger partial charge on any atom is 0.273 e. The minimum Gasteiger partial charge on any atom is -0.363 e. The predicted octanol–water partition coefficient (Wildman–Crippen LogP) is 2.48. The lowest BCUT2D eigenvalue weighted by Gasteiger charge is -2.02. The van der Waals surface area contributed by atoms with Crippen molar-refractivity contribution in [1.82, 2.24) is 9.72 Å². The lowest BCUT2D eigenvalue weighted by Crippen LogP contribution is -2.15. The molecule has 0 bridgehead atoms. The second-order valence-corrected chi connectivity index (χ2v) is 4.55. The van der Waals surface area contributed by atoms with Crippen LogP contribution < -0.4 is 5.32 Å². The van der Waals surface area contributed by atoms with Crippen molar-refractivity contribution in [2.24, 2.45) is 7.05 Å². The Morgan fingerprint density at radius 1 is 1.53 bits per heavy atom. The summed E-state index contributed by atoms with van der Waals surface area (Å²) in [5.74, 6) is 0.226. The molecule has 1 amide bonds. The molecule has 6 heteroatoms. The zero-order valence-corrected chi connectivity index (χ0v) is 9.82. The number of aryl methyl sites for hydroxylation is 1. The molecule has 0 atom stereocenters. The van der Waals surface area contributed by atoms with E-state index in [4.69, 9.17) is 0 Å². The quantitative estimate of drug-likeness (QED) is 0.756. The standard InChI is InChI=1S/C11H9N3O2S/c1-14-7-3-5-17-9(7)6-8(14)11(15)12-10-2-4-16-13-10/h2-6H,1H3,(H,12,13,15). The van der Waals surface area contributed by atoms with Gasteiger partial charge in [-0.25, -0.2) is 0 Å². The maximum atomic E-state index is 12.0. The Bertz CT molecular complexity index is 666. The third-order valence-electron chi connectivity index (χ3n) is 2.58. The first-order chi connectivity index (χ1) is 8.25. The SMILES string of the molecule is Cn1c(C(=O)Nc2ccon2)cc2sccc21. The van der Waals surface area contributed by atoms with Crippen LogP contribution in [0.25, 0.3) is 10.2 Å². The monoisotopic (exact) mass is 247 g/mol. The number of carbonyl (C=O) groups is 1. The number of hydrogen-bond acceptors (Lipinski definition) is 4. The fraction of sp³-hybridized carbons (Fsp3) is 0.0909. The molecule has 5 nitrogen and oxygen atoms in total. The summed E-state index contributed by atoms with van der Waals surface area (Å²) in [7, 11) is 1.87. The highest BCUT2D eigenvalue weighted by Gasteiger charge is 2.14. The molecule has 0 saturated heterocycles. The minimum absolute atomic E-state index is 0.190. The highest BCUT2D eigenvalue weighted by molar-refractivity contribution is 7.17. The topological polar surface area (TPSA) is 60.1 Å². The van der Waals surface area contributed by atoms with Crippen molar-refractivity contribution >= 4 is 33.3 Å². The van der Waals surface area contributed by atoms with E-state index in [0.29, 0.717) is 11.5 Å². The summed E-state index contributed by atoms with van der Waals surface area (Å²) in [4.78, 5) is 12.0. The number of carbonyl (C=O) groups excluding carboxylic acids is 1. The third kappa shape index (κ3) is 1.62. The number of nitrogens with zero attached hydrogens (tertiary/aromatic N) is 2. The molecular weight excluding hydrogens is 238 g/mol. The van der Waals surface area contributed by atoms with Gasteiger partial charge in [0.15, 0.2) is 5.82 Å². The van der Waals surface area contributed by atoms with Gasteiger partial charge in [-0.05, 0) is 17.5 Å². The van der Waals surface area contributed by atoms with Gasteiger partial charge in [-0.3, -0.25) is 4.79 Å². The van der Waals surface area contributed by atoms with E-state index in [0.717, 1.165) is 10.2 Å². The molecule has 0 aromatic carbocycles. The molecule has 3 rings (SSSR count). The van der Waals surface area contributed by atoms with E-state index >= 15 is 0 Å². The van der Waals surface area contributed by atoms with E-state index in [2.05, 4.69) is 15.0 Å².